The molecule has 2 aromatic carbocycles. The van der Waals surface area contributed by atoms with Crippen molar-refractivity contribution >= 4 is 11.6 Å². The topological polar surface area (TPSA) is 86.9 Å². The molecule has 0 bridgehead atoms. The number of aromatic nitrogens is 2. The second-order valence-corrected chi connectivity index (χ2v) is 7.09. The number of methoxy groups -OCH3 is 1. The van der Waals surface area contributed by atoms with Crippen molar-refractivity contribution in [1.29, 1.82) is 0 Å². The zero-order valence-corrected chi connectivity index (χ0v) is 17.8. The molecule has 8 heteroatoms. The molecule has 1 fully saturated rings. The summed E-state index contributed by atoms with van der Waals surface area (Å²) >= 11 is 0. The van der Waals surface area contributed by atoms with Crippen molar-refractivity contribution in [2.24, 2.45) is 0 Å². The van der Waals surface area contributed by atoms with Gasteiger partial charge in [-0.15, -0.1) is 0 Å². The monoisotopic (exact) mass is 423 g/mol. The Hall–Kier alpha value is -3.55. The van der Waals surface area contributed by atoms with Crippen molar-refractivity contribution in [3.8, 4) is 28.6 Å². The van der Waals surface area contributed by atoms with Crippen LogP contribution in [0.3, 0.4) is 0 Å². The van der Waals surface area contributed by atoms with Gasteiger partial charge in [0, 0.05) is 24.2 Å². The molecule has 0 spiro atoms. The van der Waals surface area contributed by atoms with Gasteiger partial charge in [-0.2, -0.15) is 4.98 Å². The summed E-state index contributed by atoms with van der Waals surface area (Å²) < 4.78 is 21.9. The van der Waals surface area contributed by atoms with Crippen molar-refractivity contribution in [3.63, 3.8) is 0 Å². The van der Waals surface area contributed by atoms with E-state index in [-0.39, 0.29) is 11.8 Å². The Morgan fingerprint density at radius 3 is 2.55 bits per heavy atom. The molecule has 0 radical (unpaired) electrons. The molecule has 4 rings (SSSR count). The minimum absolute atomic E-state index is 0.0247. The standard InChI is InChI=1S/C23H25N3O5/c1-4-29-18-9-7-17(8-10-18)26-14-16(13-21(26)27)23-24-22(25-31-23)15-6-11-19(30-5-2)20(12-15)28-3/h6-12,16H,4-5,13-14H2,1-3H3. The molecule has 1 aliphatic rings. The van der Waals surface area contributed by atoms with Crippen LogP contribution in [0.4, 0.5) is 5.69 Å². The first-order valence-corrected chi connectivity index (χ1v) is 10.3. The van der Waals surface area contributed by atoms with Gasteiger partial charge in [-0.1, -0.05) is 5.16 Å². The fraction of sp³-hybridized carbons (Fsp3) is 0.348. The summed E-state index contributed by atoms with van der Waals surface area (Å²) in [4.78, 5) is 18.9. The molecule has 3 aromatic rings. The number of benzene rings is 2. The smallest absolute Gasteiger partial charge is 0.232 e. The number of nitrogens with zero attached hydrogens (tertiary/aromatic N) is 3. The minimum Gasteiger partial charge on any atom is -0.494 e. The largest absolute Gasteiger partial charge is 0.494 e. The molecule has 0 aliphatic carbocycles. The Kier molecular flexibility index (Phi) is 6.06. The molecule has 31 heavy (non-hydrogen) atoms. The highest BCUT2D eigenvalue weighted by Crippen LogP contribution is 2.34. The van der Waals surface area contributed by atoms with Gasteiger partial charge in [0.25, 0.3) is 0 Å². The molecule has 162 valence electrons. The van der Waals surface area contributed by atoms with Crippen LogP contribution in [0.15, 0.2) is 47.0 Å². The van der Waals surface area contributed by atoms with E-state index >= 15 is 0 Å². The van der Waals surface area contributed by atoms with Crippen LogP contribution >= 0.6 is 0 Å². The summed E-state index contributed by atoms with van der Waals surface area (Å²) in [6.07, 6.45) is 0.321. The zero-order chi connectivity index (χ0) is 21.8. The number of amides is 1. The van der Waals surface area contributed by atoms with Crippen LogP contribution in [-0.2, 0) is 4.79 Å². The van der Waals surface area contributed by atoms with E-state index in [4.69, 9.17) is 18.7 Å². The number of rotatable bonds is 8. The van der Waals surface area contributed by atoms with Gasteiger partial charge in [0.15, 0.2) is 11.5 Å². The van der Waals surface area contributed by atoms with Crippen LogP contribution in [0.2, 0.25) is 0 Å². The van der Waals surface area contributed by atoms with E-state index in [1.54, 1.807) is 12.0 Å². The van der Waals surface area contributed by atoms with Crippen LogP contribution in [-0.4, -0.2) is 42.9 Å². The van der Waals surface area contributed by atoms with E-state index in [0.717, 1.165) is 17.0 Å². The van der Waals surface area contributed by atoms with Gasteiger partial charge in [-0.05, 0) is 56.3 Å². The van der Waals surface area contributed by atoms with Gasteiger partial charge in [-0.25, -0.2) is 0 Å². The molecule has 0 saturated carbocycles. The molecule has 1 unspecified atom stereocenters. The van der Waals surface area contributed by atoms with Gasteiger partial charge in [0.05, 0.1) is 26.2 Å². The maximum absolute atomic E-state index is 12.6. The average molecular weight is 423 g/mol. The minimum atomic E-state index is -0.162. The Morgan fingerprint density at radius 2 is 1.84 bits per heavy atom. The SMILES string of the molecule is CCOc1ccc(N2CC(c3nc(-c4ccc(OCC)c(OC)c4)no3)CC2=O)cc1. The van der Waals surface area contributed by atoms with E-state index in [9.17, 15) is 4.79 Å². The summed E-state index contributed by atoms with van der Waals surface area (Å²) in [6.45, 7) is 5.48. The number of anilines is 1. The summed E-state index contributed by atoms with van der Waals surface area (Å²) in [6, 6.07) is 13.0. The summed E-state index contributed by atoms with van der Waals surface area (Å²) in [5.74, 6) is 2.80. The van der Waals surface area contributed by atoms with Crippen LogP contribution in [0.5, 0.6) is 17.2 Å². The van der Waals surface area contributed by atoms with Crippen LogP contribution in [0, 0.1) is 0 Å². The van der Waals surface area contributed by atoms with Crippen LogP contribution in [0.25, 0.3) is 11.4 Å². The van der Waals surface area contributed by atoms with Gasteiger partial charge in [0.2, 0.25) is 17.6 Å². The highest BCUT2D eigenvalue weighted by atomic mass is 16.5. The molecular weight excluding hydrogens is 398 g/mol. The van der Waals surface area contributed by atoms with E-state index in [2.05, 4.69) is 10.1 Å². The second-order valence-electron chi connectivity index (χ2n) is 7.09. The molecular formula is C23H25N3O5. The van der Waals surface area contributed by atoms with Crippen LogP contribution < -0.4 is 19.1 Å². The number of hydrogen-bond acceptors (Lipinski definition) is 7. The Bertz CT molecular complexity index is 1050. The summed E-state index contributed by atoms with van der Waals surface area (Å²) in [5, 5.41) is 4.11. The maximum Gasteiger partial charge on any atom is 0.232 e. The van der Waals surface area contributed by atoms with Crippen molar-refractivity contribution in [1.82, 2.24) is 10.1 Å². The fourth-order valence-electron chi connectivity index (χ4n) is 3.61. The highest BCUT2D eigenvalue weighted by Gasteiger charge is 2.35. The lowest BCUT2D eigenvalue weighted by molar-refractivity contribution is -0.117. The molecule has 8 nitrogen and oxygen atoms in total. The number of hydrogen-bond donors (Lipinski definition) is 0. The molecule has 1 atom stereocenters. The predicted molar refractivity (Wildman–Crippen MR) is 115 cm³/mol. The van der Waals surface area contributed by atoms with E-state index in [1.165, 1.54) is 0 Å². The third-order valence-corrected chi connectivity index (χ3v) is 5.10. The van der Waals surface area contributed by atoms with E-state index < -0.39 is 0 Å². The first kappa shape index (κ1) is 20.7. The first-order valence-electron chi connectivity index (χ1n) is 10.3. The third kappa shape index (κ3) is 4.33. The van der Waals surface area contributed by atoms with Gasteiger partial charge in [-0.3, -0.25) is 4.79 Å². The van der Waals surface area contributed by atoms with Crippen molar-refractivity contribution in [3.05, 3.63) is 48.4 Å². The maximum atomic E-state index is 12.6. The summed E-state index contributed by atoms with van der Waals surface area (Å²) in [7, 11) is 1.59. The highest BCUT2D eigenvalue weighted by molar-refractivity contribution is 5.96. The van der Waals surface area contributed by atoms with Gasteiger partial charge >= 0.3 is 0 Å². The quantitative estimate of drug-likeness (QED) is 0.540. The van der Waals surface area contributed by atoms with Gasteiger partial charge in [0.1, 0.15) is 5.75 Å². The molecule has 1 amide bonds. The first-order chi connectivity index (χ1) is 15.1. The lowest BCUT2D eigenvalue weighted by atomic mass is 10.1. The normalized spacial score (nSPS) is 15.9. The Labute approximate surface area is 180 Å². The molecule has 2 heterocycles. The van der Waals surface area contributed by atoms with E-state index in [0.29, 0.717) is 49.4 Å². The van der Waals surface area contributed by atoms with E-state index in [1.807, 2.05) is 56.3 Å². The molecule has 0 N–H and O–H groups in total. The third-order valence-electron chi connectivity index (χ3n) is 5.10. The average Bonchev–Trinajstić information content (AvgIpc) is 3.42. The van der Waals surface area contributed by atoms with Crippen molar-refractivity contribution < 1.29 is 23.5 Å². The Balaban J connectivity index is 1.50. The van der Waals surface area contributed by atoms with Crippen molar-refractivity contribution in [2.75, 3.05) is 31.8 Å². The zero-order valence-electron chi connectivity index (χ0n) is 17.8. The van der Waals surface area contributed by atoms with Crippen LogP contribution in [0.1, 0.15) is 32.1 Å². The number of carbonyl (C=O) groups excluding carboxylic acids is 1. The fourth-order valence-corrected chi connectivity index (χ4v) is 3.61. The lowest BCUT2D eigenvalue weighted by Gasteiger charge is -2.16. The van der Waals surface area contributed by atoms with Gasteiger partial charge < -0.3 is 23.6 Å². The molecule has 1 aromatic heterocycles. The molecule has 1 aliphatic heterocycles. The number of ether oxygens (including phenoxy) is 3. The second kappa shape index (κ2) is 9.07. The lowest BCUT2D eigenvalue weighted by Crippen LogP contribution is -2.24. The number of carbonyl (C=O) groups is 1. The Morgan fingerprint density at radius 1 is 1.06 bits per heavy atom. The van der Waals surface area contributed by atoms with Crippen molar-refractivity contribution in [2.45, 2.75) is 26.2 Å². The predicted octanol–water partition coefficient (Wildman–Crippen LogP) is 4.06. The summed E-state index contributed by atoms with van der Waals surface area (Å²) in [5.41, 5.74) is 1.58. The molecule has 1 saturated heterocycles.